The molecule has 0 aliphatic heterocycles. The van der Waals surface area contributed by atoms with Crippen molar-refractivity contribution in [2.24, 2.45) is 0 Å². The number of hydrogen-bond acceptors (Lipinski definition) is 3. The predicted molar refractivity (Wildman–Crippen MR) is 223 cm³/mol. The molecule has 51 heavy (non-hydrogen) atoms. The normalized spacial score (nSPS) is 12.0. The number of aliphatic carboxylic acids is 1. The van der Waals surface area contributed by atoms with Gasteiger partial charge in [0, 0.05) is 12.8 Å². The summed E-state index contributed by atoms with van der Waals surface area (Å²) in [7, 11) is 0. The lowest BCUT2D eigenvalue weighted by Crippen LogP contribution is -2.18. The Bertz CT molecular complexity index is 692. The maximum atomic E-state index is 12.7. The molecule has 304 valence electrons. The van der Waals surface area contributed by atoms with E-state index in [1.54, 1.807) is 0 Å². The number of carboxylic acids is 1. The lowest BCUT2D eigenvalue weighted by molar-refractivity contribution is -0.150. The first-order chi connectivity index (χ1) is 25.1. The van der Waals surface area contributed by atoms with Gasteiger partial charge in [-0.15, -0.1) is 0 Å². The van der Waals surface area contributed by atoms with Crippen molar-refractivity contribution in [1.29, 1.82) is 0 Å². The summed E-state index contributed by atoms with van der Waals surface area (Å²) in [5.74, 6) is -0.681. The van der Waals surface area contributed by atoms with Crippen LogP contribution in [-0.4, -0.2) is 23.1 Å². The highest BCUT2D eigenvalue weighted by Gasteiger charge is 2.14. The second-order valence-corrected chi connectivity index (χ2v) is 16.3. The van der Waals surface area contributed by atoms with Crippen LogP contribution in [0.1, 0.15) is 284 Å². The van der Waals surface area contributed by atoms with Crippen molar-refractivity contribution < 1.29 is 19.4 Å². The number of unbranched alkanes of at least 4 members (excludes halogenated alkanes) is 35. The average molecular weight is 721 g/mol. The molecule has 0 bridgehead atoms. The van der Waals surface area contributed by atoms with Gasteiger partial charge in [-0.1, -0.05) is 232 Å². The van der Waals surface area contributed by atoms with Crippen molar-refractivity contribution >= 4 is 11.9 Å². The number of esters is 1. The van der Waals surface area contributed by atoms with Crippen molar-refractivity contribution in [3.05, 3.63) is 0 Å². The fourth-order valence-corrected chi connectivity index (χ4v) is 7.60. The number of ether oxygens (including phenoxy) is 1. The van der Waals surface area contributed by atoms with Crippen molar-refractivity contribution in [1.82, 2.24) is 0 Å². The van der Waals surface area contributed by atoms with Gasteiger partial charge in [-0.05, 0) is 38.5 Å². The maximum Gasteiger partial charge on any atom is 0.306 e. The Labute approximate surface area is 320 Å². The molecular weight excluding hydrogens is 629 g/mol. The highest BCUT2D eigenvalue weighted by molar-refractivity contribution is 5.69. The summed E-state index contributed by atoms with van der Waals surface area (Å²) in [6.45, 7) is 4.58. The van der Waals surface area contributed by atoms with Gasteiger partial charge in [-0.2, -0.15) is 0 Å². The molecule has 0 rings (SSSR count). The first-order valence-corrected chi connectivity index (χ1v) is 23.5. The quantitative estimate of drug-likeness (QED) is 0.0503. The third kappa shape index (κ3) is 43.2. The van der Waals surface area contributed by atoms with E-state index in [1.165, 1.54) is 193 Å². The van der Waals surface area contributed by atoms with Crippen LogP contribution < -0.4 is 0 Å². The summed E-state index contributed by atoms with van der Waals surface area (Å²) >= 11 is 0. The van der Waals surface area contributed by atoms with Crippen LogP contribution >= 0.6 is 0 Å². The minimum absolute atomic E-state index is 0.0129. The first-order valence-electron chi connectivity index (χ1n) is 23.5. The van der Waals surface area contributed by atoms with Crippen LogP contribution in [0.4, 0.5) is 0 Å². The summed E-state index contributed by atoms with van der Waals surface area (Å²) < 4.78 is 6.05. The van der Waals surface area contributed by atoms with Gasteiger partial charge in [-0.25, -0.2) is 0 Å². The molecule has 1 atom stereocenters. The zero-order chi connectivity index (χ0) is 37.1. The monoisotopic (exact) mass is 721 g/mol. The van der Waals surface area contributed by atoms with Gasteiger partial charge >= 0.3 is 11.9 Å². The second kappa shape index (κ2) is 43.3. The largest absolute Gasteiger partial charge is 0.481 e. The van der Waals surface area contributed by atoms with E-state index in [9.17, 15) is 9.59 Å². The van der Waals surface area contributed by atoms with E-state index in [-0.39, 0.29) is 18.5 Å². The van der Waals surface area contributed by atoms with Crippen molar-refractivity contribution in [3.63, 3.8) is 0 Å². The van der Waals surface area contributed by atoms with Crippen LogP contribution in [0.15, 0.2) is 0 Å². The average Bonchev–Trinajstić information content (AvgIpc) is 3.12. The summed E-state index contributed by atoms with van der Waals surface area (Å²) in [5, 5.41) is 8.85. The van der Waals surface area contributed by atoms with E-state index >= 15 is 0 Å². The van der Waals surface area contributed by atoms with E-state index < -0.39 is 5.97 Å². The number of carboxylic acid groups (broad SMARTS) is 1. The summed E-state index contributed by atoms with van der Waals surface area (Å²) in [6, 6.07) is 0. The van der Waals surface area contributed by atoms with E-state index in [0.29, 0.717) is 6.42 Å². The third-order valence-corrected chi connectivity index (χ3v) is 11.1. The van der Waals surface area contributed by atoms with Gasteiger partial charge in [0.15, 0.2) is 0 Å². The first kappa shape index (κ1) is 49.9. The summed E-state index contributed by atoms with van der Waals surface area (Å²) in [4.78, 5) is 23.5. The van der Waals surface area contributed by atoms with Gasteiger partial charge < -0.3 is 9.84 Å². The van der Waals surface area contributed by atoms with Crippen LogP contribution in [0, 0.1) is 0 Å². The van der Waals surface area contributed by atoms with Crippen LogP contribution in [0.2, 0.25) is 0 Å². The van der Waals surface area contributed by atoms with Crippen molar-refractivity contribution in [2.75, 3.05) is 0 Å². The highest BCUT2D eigenvalue weighted by Crippen LogP contribution is 2.20. The Morgan fingerprint density at radius 1 is 0.353 bits per heavy atom. The molecule has 0 spiro atoms. The maximum absolute atomic E-state index is 12.7. The molecule has 1 unspecified atom stereocenters. The molecule has 0 aromatic carbocycles. The van der Waals surface area contributed by atoms with E-state index in [1.807, 2.05) is 0 Å². The minimum Gasteiger partial charge on any atom is -0.481 e. The van der Waals surface area contributed by atoms with Crippen LogP contribution in [0.5, 0.6) is 0 Å². The summed E-state index contributed by atoms with van der Waals surface area (Å²) in [6.07, 6.45) is 52.9. The topological polar surface area (TPSA) is 63.6 Å². The molecule has 0 fully saturated rings. The van der Waals surface area contributed by atoms with Gasteiger partial charge in [-0.3, -0.25) is 9.59 Å². The smallest absolute Gasteiger partial charge is 0.306 e. The number of carbonyl (C=O) groups is 2. The SMILES string of the molecule is CCCCCCCCCCCCCCCCCCCC(=O)OC(CCCCCCCCCCCCCCCCCC)CCCCCCCC(=O)O. The van der Waals surface area contributed by atoms with E-state index in [4.69, 9.17) is 9.84 Å². The van der Waals surface area contributed by atoms with Crippen LogP contribution in [-0.2, 0) is 14.3 Å². The Hall–Kier alpha value is -1.06. The molecule has 0 aromatic heterocycles. The molecule has 0 aliphatic rings. The van der Waals surface area contributed by atoms with Crippen LogP contribution in [0.25, 0.3) is 0 Å². The zero-order valence-electron chi connectivity index (χ0n) is 34.9. The number of rotatable bonds is 44. The van der Waals surface area contributed by atoms with Gasteiger partial charge in [0.1, 0.15) is 6.10 Å². The van der Waals surface area contributed by atoms with Gasteiger partial charge in [0.05, 0.1) is 0 Å². The highest BCUT2D eigenvalue weighted by atomic mass is 16.5. The standard InChI is InChI=1S/C47H92O4/c1-3-5-7-9-11-13-15-17-19-21-23-25-27-29-31-36-40-44-47(50)51-45(42-38-34-32-35-39-43-46(48)49)41-37-33-30-28-26-24-22-20-18-16-14-12-10-8-6-4-2/h45H,3-44H2,1-2H3,(H,48,49). The lowest BCUT2D eigenvalue weighted by atomic mass is 10.0. The van der Waals surface area contributed by atoms with Crippen molar-refractivity contribution in [3.8, 4) is 0 Å². The summed E-state index contributed by atoms with van der Waals surface area (Å²) in [5.41, 5.74) is 0. The van der Waals surface area contributed by atoms with Crippen molar-refractivity contribution in [2.45, 2.75) is 290 Å². The molecule has 0 saturated heterocycles. The van der Waals surface area contributed by atoms with E-state index in [0.717, 1.165) is 64.2 Å². The molecule has 0 heterocycles. The molecule has 0 radical (unpaired) electrons. The Balaban J connectivity index is 3.93. The minimum atomic E-state index is -0.694. The predicted octanol–water partition coefficient (Wildman–Crippen LogP) is 16.4. The molecular formula is C47H92O4. The Morgan fingerprint density at radius 2 is 0.588 bits per heavy atom. The number of carbonyl (C=O) groups excluding carboxylic acids is 1. The second-order valence-electron chi connectivity index (χ2n) is 16.3. The molecule has 4 nitrogen and oxygen atoms in total. The zero-order valence-corrected chi connectivity index (χ0v) is 34.9. The number of hydrogen-bond donors (Lipinski definition) is 1. The van der Waals surface area contributed by atoms with Gasteiger partial charge in [0.2, 0.25) is 0 Å². The molecule has 0 saturated carbocycles. The molecule has 0 aromatic rings. The van der Waals surface area contributed by atoms with Crippen LogP contribution in [0.3, 0.4) is 0 Å². The fraction of sp³-hybridized carbons (Fsp3) is 0.957. The molecule has 0 amide bonds. The van der Waals surface area contributed by atoms with E-state index in [2.05, 4.69) is 13.8 Å². The molecule has 4 heteroatoms. The lowest BCUT2D eigenvalue weighted by Gasteiger charge is -2.18. The molecule has 1 N–H and O–H groups in total. The Kier molecular flexibility index (Phi) is 42.4. The Morgan fingerprint density at radius 3 is 0.863 bits per heavy atom. The molecule has 0 aliphatic carbocycles. The van der Waals surface area contributed by atoms with Gasteiger partial charge in [0.25, 0.3) is 0 Å². The fourth-order valence-electron chi connectivity index (χ4n) is 7.60. The third-order valence-electron chi connectivity index (χ3n) is 11.1.